The first-order chi connectivity index (χ1) is 6.02. The second-order valence-corrected chi connectivity index (χ2v) is 3.83. The number of carbonyl (C=O) groups excluding carboxylic acids is 1. The first-order valence-electron chi connectivity index (χ1n) is 3.20. The maximum absolute atomic E-state index is 11.2. The smallest absolute Gasteiger partial charge is 0.262 e. The fraction of sp³-hybridized carbons (Fsp3) is 0.200. The quantitative estimate of drug-likeness (QED) is 0.616. The van der Waals surface area contributed by atoms with Crippen LogP contribution in [0.1, 0.15) is 6.92 Å². The molecule has 0 aromatic carbocycles. The zero-order valence-corrected chi connectivity index (χ0v) is 7.46. The van der Waals surface area contributed by atoms with Crippen molar-refractivity contribution in [3.8, 4) is 0 Å². The van der Waals surface area contributed by atoms with Gasteiger partial charge in [0.05, 0.1) is 6.20 Å². The molecule has 1 amide bonds. The summed E-state index contributed by atoms with van der Waals surface area (Å²) in [5.41, 5.74) is 1.93. The Hall–Kier alpha value is -1.41. The first kappa shape index (κ1) is 9.68. The summed E-state index contributed by atoms with van der Waals surface area (Å²) < 4.78 is 26.7. The molecule has 1 heterocycles. The Balaban J connectivity index is 2.74. The van der Waals surface area contributed by atoms with Crippen LogP contribution in [0.3, 0.4) is 0 Å². The molecule has 0 unspecified atom stereocenters. The van der Waals surface area contributed by atoms with E-state index in [1.807, 2.05) is 10.3 Å². The highest BCUT2D eigenvalue weighted by atomic mass is 32.2. The highest BCUT2D eigenvalue weighted by Gasteiger charge is 2.15. The first-order valence-corrected chi connectivity index (χ1v) is 4.68. The maximum atomic E-state index is 11.2. The van der Waals surface area contributed by atoms with Gasteiger partial charge in [-0.15, -0.1) is 4.83 Å². The van der Waals surface area contributed by atoms with Gasteiger partial charge in [-0.1, -0.05) is 5.16 Å². The fourth-order valence-electron chi connectivity index (χ4n) is 0.526. The highest BCUT2D eigenvalue weighted by Crippen LogP contribution is 2.04. The summed E-state index contributed by atoms with van der Waals surface area (Å²) in [5, 5.41) is 3.21. The van der Waals surface area contributed by atoms with Crippen molar-refractivity contribution in [1.29, 1.82) is 0 Å². The number of aromatic nitrogens is 1. The van der Waals surface area contributed by atoms with Gasteiger partial charge in [-0.25, -0.2) is 8.42 Å². The number of nitrogens with zero attached hydrogens (tertiary/aromatic N) is 1. The Labute approximate surface area is 74.1 Å². The summed E-state index contributed by atoms with van der Waals surface area (Å²) in [5.74, 6) is -0.514. The van der Waals surface area contributed by atoms with Crippen LogP contribution in [0.4, 0.5) is 0 Å². The molecule has 0 aliphatic rings. The second-order valence-electron chi connectivity index (χ2n) is 2.15. The zero-order valence-electron chi connectivity index (χ0n) is 6.64. The molecule has 0 saturated carbocycles. The van der Waals surface area contributed by atoms with E-state index >= 15 is 0 Å². The number of hydrazine groups is 1. The molecule has 1 aromatic rings. The van der Waals surface area contributed by atoms with E-state index in [0.29, 0.717) is 0 Å². The minimum absolute atomic E-state index is 0.152. The largest absolute Gasteiger partial charge is 0.363 e. The summed E-state index contributed by atoms with van der Waals surface area (Å²) in [7, 11) is -3.75. The monoisotopic (exact) mass is 205 g/mol. The van der Waals surface area contributed by atoms with Crippen molar-refractivity contribution in [3.63, 3.8) is 0 Å². The van der Waals surface area contributed by atoms with E-state index in [9.17, 15) is 13.2 Å². The minimum Gasteiger partial charge on any atom is -0.363 e. The normalized spacial score (nSPS) is 11.2. The van der Waals surface area contributed by atoms with Gasteiger partial charge in [0.25, 0.3) is 10.0 Å². The Bertz CT molecular complexity index is 382. The van der Waals surface area contributed by atoms with E-state index in [1.54, 1.807) is 0 Å². The molecule has 0 fully saturated rings. The predicted octanol–water partition coefficient (Wildman–Crippen LogP) is -0.996. The van der Waals surface area contributed by atoms with Crippen molar-refractivity contribution >= 4 is 15.9 Å². The summed E-state index contributed by atoms with van der Waals surface area (Å²) in [6, 6.07) is 0. The topological polar surface area (TPSA) is 101 Å². The third-order valence-corrected chi connectivity index (χ3v) is 2.27. The SMILES string of the molecule is CC(=O)NNS(=O)(=O)c1cnoc1. The van der Waals surface area contributed by atoms with Gasteiger partial charge >= 0.3 is 0 Å². The van der Waals surface area contributed by atoms with Crippen LogP contribution in [-0.4, -0.2) is 19.5 Å². The number of nitrogens with one attached hydrogen (secondary N) is 2. The third-order valence-electron chi connectivity index (χ3n) is 1.08. The Morgan fingerprint density at radius 2 is 2.31 bits per heavy atom. The van der Waals surface area contributed by atoms with Gasteiger partial charge < -0.3 is 4.52 Å². The second kappa shape index (κ2) is 3.54. The minimum atomic E-state index is -3.75. The lowest BCUT2D eigenvalue weighted by molar-refractivity contribution is -0.119. The molecule has 0 bridgehead atoms. The number of hydrogen-bond donors (Lipinski definition) is 2. The fourth-order valence-corrected chi connectivity index (χ4v) is 1.27. The molecule has 0 aliphatic heterocycles. The van der Waals surface area contributed by atoms with E-state index in [2.05, 4.69) is 9.68 Å². The molecule has 0 radical (unpaired) electrons. The molecule has 1 rings (SSSR count). The highest BCUT2D eigenvalue weighted by molar-refractivity contribution is 7.89. The lowest BCUT2D eigenvalue weighted by Crippen LogP contribution is -2.40. The van der Waals surface area contributed by atoms with Crippen molar-refractivity contribution in [2.45, 2.75) is 11.8 Å². The van der Waals surface area contributed by atoms with E-state index in [1.165, 1.54) is 6.92 Å². The lowest BCUT2D eigenvalue weighted by atomic mass is 10.8. The van der Waals surface area contributed by atoms with Crippen LogP contribution in [0.2, 0.25) is 0 Å². The van der Waals surface area contributed by atoms with Crippen molar-refractivity contribution in [2.24, 2.45) is 0 Å². The molecule has 72 valence electrons. The van der Waals surface area contributed by atoms with Gasteiger partial charge in [-0.05, 0) is 0 Å². The van der Waals surface area contributed by atoms with Crippen LogP contribution in [0.5, 0.6) is 0 Å². The zero-order chi connectivity index (χ0) is 9.90. The van der Waals surface area contributed by atoms with Crippen molar-refractivity contribution in [3.05, 3.63) is 12.5 Å². The van der Waals surface area contributed by atoms with E-state index in [-0.39, 0.29) is 4.90 Å². The molecule has 0 spiro atoms. The molecule has 0 aliphatic carbocycles. The van der Waals surface area contributed by atoms with Gasteiger partial charge in [0, 0.05) is 6.92 Å². The molecule has 2 N–H and O–H groups in total. The summed E-state index contributed by atoms with van der Waals surface area (Å²) in [4.78, 5) is 12.1. The van der Waals surface area contributed by atoms with Crippen LogP contribution in [0.25, 0.3) is 0 Å². The average molecular weight is 205 g/mol. The van der Waals surface area contributed by atoms with Gasteiger partial charge in [0.15, 0.2) is 0 Å². The van der Waals surface area contributed by atoms with Crippen molar-refractivity contribution < 1.29 is 17.7 Å². The lowest BCUT2D eigenvalue weighted by Gasteiger charge is -2.02. The molecule has 0 atom stereocenters. The maximum Gasteiger partial charge on any atom is 0.262 e. The third kappa shape index (κ3) is 2.53. The number of hydrogen-bond acceptors (Lipinski definition) is 5. The molecule has 13 heavy (non-hydrogen) atoms. The summed E-state index contributed by atoms with van der Waals surface area (Å²) in [6.45, 7) is 1.18. The van der Waals surface area contributed by atoms with Gasteiger partial charge in [0.2, 0.25) is 5.91 Å². The molecule has 1 aromatic heterocycles. The molecule has 8 heteroatoms. The summed E-state index contributed by atoms with van der Waals surface area (Å²) >= 11 is 0. The standard InChI is InChI=1S/C5H7N3O4S/c1-4(9)7-8-13(10,11)5-2-6-12-3-5/h2-3,8H,1H3,(H,7,9). The Kier molecular flexibility index (Phi) is 2.63. The van der Waals surface area contributed by atoms with Crippen LogP contribution in [-0.2, 0) is 14.8 Å². The molecular weight excluding hydrogens is 198 g/mol. The average Bonchev–Trinajstić information content (AvgIpc) is 2.53. The van der Waals surface area contributed by atoms with Crippen LogP contribution in [0, 0.1) is 0 Å². The Morgan fingerprint density at radius 1 is 1.62 bits per heavy atom. The van der Waals surface area contributed by atoms with Crippen LogP contribution in [0.15, 0.2) is 21.9 Å². The van der Waals surface area contributed by atoms with E-state index in [4.69, 9.17) is 0 Å². The van der Waals surface area contributed by atoms with Gasteiger partial charge in [-0.2, -0.15) is 0 Å². The van der Waals surface area contributed by atoms with E-state index in [0.717, 1.165) is 12.5 Å². The predicted molar refractivity (Wildman–Crippen MR) is 40.6 cm³/mol. The molecule has 0 saturated heterocycles. The number of carbonyl (C=O) groups is 1. The van der Waals surface area contributed by atoms with Gasteiger partial charge in [-0.3, -0.25) is 10.2 Å². The van der Waals surface area contributed by atoms with Crippen molar-refractivity contribution in [2.75, 3.05) is 0 Å². The van der Waals surface area contributed by atoms with Crippen LogP contribution < -0.4 is 10.3 Å². The number of amides is 1. The Morgan fingerprint density at radius 3 is 2.77 bits per heavy atom. The molecular formula is C5H7N3O4S. The van der Waals surface area contributed by atoms with Crippen molar-refractivity contribution in [1.82, 2.24) is 15.4 Å². The summed E-state index contributed by atoms with van der Waals surface area (Å²) in [6.07, 6.45) is 1.97. The van der Waals surface area contributed by atoms with Gasteiger partial charge in [0.1, 0.15) is 11.2 Å². The molecule has 7 nitrogen and oxygen atoms in total. The number of rotatable bonds is 3. The number of sulfonamides is 1. The van der Waals surface area contributed by atoms with Crippen LogP contribution >= 0.6 is 0 Å². The van der Waals surface area contributed by atoms with E-state index < -0.39 is 15.9 Å².